The van der Waals surface area contributed by atoms with Crippen molar-refractivity contribution in [2.24, 2.45) is 0 Å². The van der Waals surface area contributed by atoms with Crippen LogP contribution >= 0.6 is 0 Å². The van der Waals surface area contributed by atoms with Gasteiger partial charge < -0.3 is 0 Å². The lowest BCUT2D eigenvalue weighted by atomic mass is 9.93. The van der Waals surface area contributed by atoms with E-state index in [1.807, 2.05) is 0 Å². The first-order valence-corrected chi connectivity index (χ1v) is 15.9. The highest BCUT2D eigenvalue weighted by Crippen LogP contribution is 2.41. The third kappa shape index (κ3) is 4.60. The molecule has 3 heteroatoms. The normalized spacial score (nSPS) is 11.4. The van der Waals surface area contributed by atoms with E-state index in [1.54, 1.807) is 0 Å². The third-order valence-corrected chi connectivity index (χ3v) is 8.99. The summed E-state index contributed by atoms with van der Waals surface area (Å²) in [4.78, 5) is 10.6. The van der Waals surface area contributed by atoms with Gasteiger partial charge >= 0.3 is 0 Å². The number of pyridine rings is 1. The van der Waals surface area contributed by atoms with Gasteiger partial charge in [0.2, 0.25) is 0 Å². The van der Waals surface area contributed by atoms with Crippen molar-refractivity contribution in [1.29, 1.82) is 0 Å². The second-order valence-corrected chi connectivity index (χ2v) is 11.8. The summed E-state index contributed by atoms with van der Waals surface area (Å²) in [6.45, 7) is 0. The molecule has 9 rings (SSSR count). The highest BCUT2D eigenvalue weighted by Gasteiger charge is 2.22. The van der Waals surface area contributed by atoms with Gasteiger partial charge in [0.1, 0.15) is 5.82 Å². The molecule has 3 nitrogen and oxygen atoms in total. The van der Waals surface area contributed by atoms with Crippen LogP contribution in [0, 0.1) is 0 Å². The van der Waals surface area contributed by atoms with Crippen LogP contribution in [-0.4, -0.2) is 14.5 Å². The van der Waals surface area contributed by atoms with Crippen LogP contribution in [0.25, 0.3) is 83.3 Å². The summed E-state index contributed by atoms with van der Waals surface area (Å²) in [5.41, 5.74) is 10.7. The molecule has 0 N–H and O–H groups in total. The summed E-state index contributed by atoms with van der Waals surface area (Å²) in [6.07, 6.45) is 0. The Morgan fingerprint density at radius 1 is 0.383 bits per heavy atom. The van der Waals surface area contributed by atoms with E-state index in [9.17, 15) is 0 Å². The number of fused-ring (bicyclic) bond motifs is 4. The first kappa shape index (κ1) is 27.0. The maximum atomic E-state index is 5.39. The number of hydrogen-bond donors (Lipinski definition) is 0. The molecule has 9 aromatic rings. The van der Waals surface area contributed by atoms with E-state index in [0.717, 1.165) is 67.0 Å². The molecule has 0 saturated carbocycles. The Morgan fingerprint density at radius 3 is 1.72 bits per heavy atom. The molecule has 0 atom stereocenters. The van der Waals surface area contributed by atoms with E-state index in [4.69, 9.17) is 9.97 Å². The summed E-state index contributed by atoms with van der Waals surface area (Å²) in [6, 6.07) is 61.9. The molecule has 220 valence electrons. The van der Waals surface area contributed by atoms with E-state index in [1.165, 1.54) is 16.3 Å². The molecule has 47 heavy (non-hydrogen) atoms. The average Bonchev–Trinajstić information content (AvgIpc) is 3.56. The monoisotopic (exact) mass is 599 g/mol. The molecule has 0 aliphatic heterocycles. The molecule has 0 unspecified atom stereocenters. The molecular weight excluding hydrogens is 571 g/mol. The van der Waals surface area contributed by atoms with Crippen LogP contribution in [0.4, 0.5) is 0 Å². The fraction of sp³-hybridized carbons (Fsp3) is 0. The Kier molecular flexibility index (Phi) is 6.46. The molecule has 0 fully saturated rings. The smallest absolute Gasteiger partial charge is 0.145 e. The van der Waals surface area contributed by atoms with Crippen LogP contribution in [-0.2, 0) is 0 Å². The van der Waals surface area contributed by atoms with Crippen LogP contribution < -0.4 is 0 Å². The van der Waals surface area contributed by atoms with Crippen molar-refractivity contribution in [2.45, 2.75) is 0 Å². The zero-order valence-electron chi connectivity index (χ0n) is 25.6. The average molecular weight is 600 g/mol. The van der Waals surface area contributed by atoms with Crippen molar-refractivity contribution >= 4 is 32.6 Å². The van der Waals surface area contributed by atoms with Gasteiger partial charge in [-0.05, 0) is 29.1 Å². The lowest BCUT2D eigenvalue weighted by Gasteiger charge is -2.15. The summed E-state index contributed by atoms with van der Waals surface area (Å²) in [7, 11) is 0. The van der Waals surface area contributed by atoms with E-state index in [2.05, 4.69) is 180 Å². The highest BCUT2D eigenvalue weighted by molar-refractivity contribution is 6.16. The van der Waals surface area contributed by atoms with E-state index in [0.29, 0.717) is 0 Å². The SMILES string of the molecule is c1ccc(-c2nc(-c3ccc(-c4c5ccccc5nc5c4ccc4ccccc45)cc3)n(-c3ccccc3)c2-c2ccccc2)cc1. The van der Waals surface area contributed by atoms with Crippen molar-refractivity contribution in [1.82, 2.24) is 14.5 Å². The molecule has 0 aliphatic rings. The van der Waals surface area contributed by atoms with Crippen molar-refractivity contribution in [3.05, 3.63) is 176 Å². The lowest BCUT2D eigenvalue weighted by molar-refractivity contribution is 1.07. The zero-order chi connectivity index (χ0) is 31.2. The maximum Gasteiger partial charge on any atom is 0.145 e. The van der Waals surface area contributed by atoms with Gasteiger partial charge in [-0.3, -0.25) is 4.57 Å². The van der Waals surface area contributed by atoms with Crippen LogP contribution in [0.15, 0.2) is 176 Å². The van der Waals surface area contributed by atoms with Gasteiger partial charge in [-0.15, -0.1) is 0 Å². The number of rotatable bonds is 5. The van der Waals surface area contributed by atoms with Crippen LogP contribution in [0.1, 0.15) is 0 Å². The summed E-state index contributed by atoms with van der Waals surface area (Å²) < 4.78 is 2.30. The van der Waals surface area contributed by atoms with E-state index < -0.39 is 0 Å². The Hall–Kier alpha value is -6.32. The molecule has 0 saturated heterocycles. The first-order valence-electron chi connectivity index (χ1n) is 15.9. The van der Waals surface area contributed by atoms with Crippen LogP contribution in [0.5, 0.6) is 0 Å². The number of hydrogen-bond acceptors (Lipinski definition) is 2. The molecule has 2 heterocycles. The van der Waals surface area contributed by atoms with Gasteiger partial charge in [-0.25, -0.2) is 9.97 Å². The predicted octanol–water partition coefficient (Wildman–Crippen LogP) is 11.4. The Bertz CT molecular complexity index is 2530. The molecule has 0 aliphatic carbocycles. The Balaban J connectivity index is 1.28. The highest BCUT2D eigenvalue weighted by atomic mass is 15.1. The summed E-state index contributed by atoms with van der Waals surface area (Å²) >= 11 is 0. The van der Waals surface area contributed by atoms with Gasteiger partial charge in [0, 0.05) is 44.1 Å². The van der Waals surface area contributed by atoms with Gasteiger partial charge in [0.15, 0.2) is 0 Å². The van der Waals surface area contributed by atoms with E-state index >= 15 is 0 Å². The number of benzene rings is 7. The minimum atomic E-state index is 0.899. The Labute approximate surface area is 273 Å². The number of imidazole rings is 1. The molecular formula is C44H29N3. The molecule has 0 bridgehead atoms. The topological polar surface area (TPSA) is 30.7 Å². The summed E-state index contributed by atoms with van der Waals surface area (Å²) in [5, 5.41) is 4.66. The van der Waals surface area contributed by atoms with E-state index in [-0.39, 0.29) is 0 Å². The quantitative estimate of drug-likeness (QED) is 0.146. The minimum Gasteiger partial charge on any atom is -0.292 e. The molecule has 0 radical (unpaired) electrons. The van der Waals surface area contributed by atoms with Gasteiger partial charge in [-0.2, -0.15) is 0 Å². The van der Waals surface area contributed by atoms with Crippen LogP contribution in [0.3, 0.4) is 0 Å². The van der Waals surface area contributed by atoms with Crippen molar-refractivity contribution in [3.63, 3.8) is 0 Å². The number of nitrogens with zero attached hydrogens (tertiary/aromatic N) is 3. The predicted molar refractivity (Wildman–Crippen MR) is 196 cm³/mol. The minimum absolute atomic E-state index is 0.899. The fourth-order valence-corrected chi connectivity index (χ4v) is 6.82. The van der Waals surface area contributed by atoms with Crippen molar-refractivity contribution in [2.75, 3.05) is 0 Å². The first-order chi connectivity index (χ1) is 23.3. The molecule has 0 spiro atoms. The second-order valence-electron chi connectivity index (χ2n) is 11.8. The van der Waals surface area contributed by atoms with Crippen LogP contribution in [0.2, 0.25) is 0 Å². The zero-order valence-corrected chi connectivity index (χ0v) is 25.6. The fourth-order valence-electron chi connectivity index (χ4n) is 6.82. The van der Waals surface area contributed by atoms with Crippen molar-refractivity contribution in [3.8, 4) is 50.7 Å². The Morgan fingerprint density at radius 2 is 0.979 bits per heavy atom. The van der Waals surface area contributed by atoms with Gasteiger partial charge in [0.25, 0.3) is 0 Å². The molecule has 2 aromatic heterocycles. The maximum absolute atomic E-state index is 5.39. The second kappa shape index (κ2) is 11.2. The summed E-state index contributed by atoms with van der Waals surface area (Å²) in [5.74, 6) is 0.899. The third-order valence-electron chi connectivity index (χ3n) is 8.99. The number of aromatic nitrogens is 3. The van der Waals surface area contributed by atoms with Gasteiger partial charge in [-0.1, -0.05) is 158 Å². The molecule has 7 aromatic carbocycles. The van der Waals surface area contributed by atoms with Gasteiger partial charge in [0.05, 0.1) is 22.4 Å². The lowest BCUT2D eigenvalue weighted by Crippen LogP contribution is -2.00. The standard InChI is InChI=1S/C44H29N3/c1-4-15-32(16-5-1)41-43(33-17-6-2-7-18-33)47(35-19-8-3-9-20-35)44(46-41)34-26-24-31(25-27-34)40-37-22-12-13-23-39(37)45-42-36-21-11-10-14-30(36)28-29-38(40)42/h1-29H. The molecule has 0 amide bonds. The van der Waals surface area contributed by atoms with Crippen molar-refractivity contribution < 1.29 is 0 Å². The largest absolute Gasteiger partial charge is 0.292 e. The number of para-hydroxylation sites is 2.